The highest BCUT2D eigenvalue weighted by Gasteiger charge is 2.19. The smallest absolute Gasteiger partial charge is 0.261 e. The lowest BCUT2D eigenvalue weighted by atomic mass is 10.1. The molecule has 0 fully saturated rings. The van der Waals surface area contributed by atoms with Crippen LogP contribution in [0, 0.1) is 11.3 Å². The number of nitrogens with zero attached hydrogens (tertiary/aromatic N) is 2. The maximum absolute atomic E-state index is 13.0. The molecule has 0 radical (unpaired) electrons. The molecule has 0 unspecified atom stereocenters. The van der Waals surface area contributed by atoms with Gasteiger partial charge in [0.15, 0.2) is 0 Å². The number of rotatable bonds is 8. The molecular formula is C21H18BrN3O4S. The number of hydrogen-bond donors (Lipinski definition) is 1. The summed E-state index contributed by atoms with van der Waals surface area (Å²) in [5.41, 5.74) is 0.567. The molecule has 0 aliphatic rings. The van der Waals surface area contributed by atoms with Crippen molar-refractivity contribution in [3.05, 3.63) is 82.7 Å². The molecule has 1 N–H and O–H groups in total. The lowest BCUT2D eigenvalue weighted by molar-refractivity contribution is 0.0735. The Labute approximate surface area is 183 Å². The highest BCUT2D eigenvalue weighted by molar-refractivity contribution is 9.10. The van der Waals surface area contributed by atoms with E-state index in [-0.39, 0.29) is 36.0 Å². The van der Waals surface area contributed by atoms with Gasteiger partial charge in [-0.2, -0.15) is 5.26 Å². The van der Waals surface area contributed by atoms with Gasteiger partial charge in [0, 0.05) is 22.3 Å². The number of anilines is 1. The van der Waals surface area contributed by atoms with Crippen molar-refractivity contribution in [1.82, 2.24) is 4.90 Å². The Morgan fingerprint density at radius 3 is 2.57 bits per heavy atom. The molecule has 3 rings (SSSR count). The van der Waals surface area contributed by atoms with Gasteiger partial charge in [0.1, 0.15) is 5.76 Å². The van der Waals surface area contributed by atoms with Gasteiger partial charge < -0.3 is 9.32 Å². The van der Waals surface area contributed by atoms with Crippen molar-refractivity contribution < 1.29 is 17.6 Å². The van der Waals surface area contributed by atoms with Crippen LogP contribution in [0.3, 0.4) is 0 Å². The topological polar surface area (TPSA) is 103 Å². The Bertz CT molecular complexity index is 1150. The van der Waals surface area contributed by atoms with E-state index in [4.69, 9.17) is 9.68 Å². The summed E-state index contributed by atoms with van der Waals surface area (Å²) in [6.07, 6.45) is 1.68. The molecule has 9 heteroatoms. The predicted molar refractivity (Wildman–Crippen MR) is 115 cm³/mol. The summed E-state index contributed by atoms with van der Waals surface area (Å²) in [5, 5.41) is 8.90. The van der Waals surface area contributed by atoms with E-state index in [1.807, 2.05) is 6.07 Å². The SMILES string of the molecule is N#CCCN(Cc1ccco1)C(=O)c1cccc(NS(=O)(=O)c2ccc(Br)cc2)c1. The highest BCUT2D eigenvalue weighted by Crippen LogP contribution is 2.20. The van der Waals surface area contributed by atoms with Crippen LogP contribution in [0.1, 0.15) is 22.5 Å². The number of benzene rings is 2. The molecule has 0 saturated carbocycles. The van der Waals surface area contributed by atoms with Gasteiger partial charge in [0.05, 0.1) is 30.2 Å². The molecule has 0 bridgehead atoms. The fraction of sp³-hybridized carbons (Fsp3) is 0.143. The number of carbonyl (C=O) groups excluding carboxylic acids is 1. The Kier molecular flexibility index (Phi) is 6.92. The monoisotopic (exact) mass is 487 g/mol. The number of hydrogen-bond acceptors (Lipinski definition) is 5. The minimum Gasteiger partial charge on any atom is -0.467 e. The third-order valence-corrected chi connectivity index (χ3v) is 6.12. The Morgan fingerprint density at radius 2 is 1.90 bits per heavy atom. The molecule has 1 amide bonds. The molecule has 0 saturated heterocycles. The second-order valence-electron chi connectivity index (χ2n) is 6.35. The first kappa shape index (κ1) is 21.6. The second-order valence-corrected chi connectivity index (χ2v) is 8.95. The second kappa shape index (κ2) is 9.61. The summed E-state index contributed by atoms with van der Waals surface area (Å²) in [4.78, 5) is 14.6. The summed E-state index contributed by atoms with van der Waals surface area (Å²) in [6.45, 7) is 0.438. The minimum atomic E-state index is -3.80. The van der Waals surface area contributed by atoms with Crippen LogP contribution in [0.2, 0.25) is 0 Å². The zero-order valence-corrected chi connectivity index (χ0v) is 18.2. The standard InChI is InChI=1S/C21H18BrN3O4S/c22-17-7-9-20(10-8-17)30(27,28)24-18-5-1-4-16(14-18)21(26)25(12-3-11-23)15-19-6-2-13-29-19/h1-2,4-10,13-14,24H,3,12,15H2. The van der Waals surface area contributed by atoms with Gasteiger partial charge >= 0.3 is 0 Å². The average Bonchev–Trinajstić information content (AvgIpc) is 3.24. The van der Waals surface area contributed by atoms with Crippen molar-refractivity contribution in [3.63, 3.8) is 0 Å². The summed E-state index contributed by atoms with van der Waals surface area (Å²) >= 11 is 3.27. The van der Waals surface area contributed by atoms with Gasteiger partial charge in [-0.25, -0.2) is 8.42 Å². The Hall–Kier alpha value is -3.09. The highest BCUT2D eigenvalue weighted by atomic mass is 79.9. The fourth-order valence-electron chi connectivity index (χ4n) is 2.75. The fourth-order valence-corrected chi connectivity index (χ4v) is 4.07. The maximum Gasteiger partial charge on any atom is 0.261 e. The molecule has 3 aromatic rings. The lowest BCUT2D eigenvalue weighted by Crippen LogP contribution is -2.31. The number of nitrogens with one attached hydrogen (secondary N) is 1. The molecular weight excluding hydrogens is 470 g/mol. The number of sulfonamides is 1. The van der Waals surface area contributed by atoms with E-state index >= 15 is 0 Å². The van der Waals surface area contributed by atoms with E-state index in [1.165, 1.54) is 29.4 Å². The van der Waals surface area contributed by atoms with Crippen molar-refractivity contribution in [1.29, 1.82) is 5.26 Å². The van der Waals surface area contributed by atoms with Crippen molar-refractivity contribution in [2.45, 2.75) is 17.9 Å². The van der Waals surface area contributed by atoms with E-state index in [0.717, 1.165) is 4.47 Å². The summed E-state index contributed by atoms with van der Waals surface area (Å²) in [6, 6.07) is 18.0. The first-order valence-electron chi connectivity index (χ1n) is 8.96. The van der Waals surface area contributed by atoms with Gasteiger partial charge in [-0.05, 0) is 54.6 Å². The minimum absolute atomic E-state index is 0.107. The molecule has 0 atom stereocenters. The van der Waals surface area contributed by atoms with Crippen LogP contribution in [-0.2, 0) is 16.6 Å². The van der Waals surface area contributed by atoms with Crippen molar-refractivity contribution in [2.75, 3.05) is 11.3 Å². The largest absolute Gasteiger partial charge is 0.467 e. The first-order chi connectivity index (χ1) is 14.4. The van der Waals surface area contributed by atoms with Crippen LogP contribution in [0.5, 0.6) is 0 Å². The van der Waals surface area contributed by atoms with Crippen LogP contribution >= 0.6 is 15.9 Å². The molecule has 0 aliphatic heterocycles. The summed E-state index contributed by atoms with van der Waals surface area (Å²) < 4.78 is 33.8. The van der Waals surface area contributed by atoms with E-state index in [0.29, 0.717) is 11.3 Å². The van der Waals surface area contributed by atoms with Gasteiger partial charge in [-0.15, -0.1) is 0 Å². The van der Waals surface area contributed by atoms with Crippen LogP contribution in [0.25, 0.3) is 0 Å². The van der Waals surface area contributed by atoms with Gasteiger partial charge in [0.2, 0.25) is 0 Å². The van der Waals surface area contributed by atoms with E-state index in [1.54, 1.807) is 42.5 Å². The first-order valence-corrected chi connectivity index (χ1v) is 11.2. The molecule has 7 nitrogen and oxygen atoms in total. The van der Waals surface area contributed by atoms with E-state index in [9.17, 15) is 13.2 Å². The molecule has 154 valence electrons. The molecule has 30 heavy (non-hydrogen) atoms. The predicted octanol–water partition coefficient (Wildman–Crippen LogP) is 4.40. The van der Waals surface area contributed by atoms with Crippen molar-refractivity contribution in [3.8, 4) is 6.07 Å². The van der Waals surface area contributed by atoms with E-state index in [2.05, 4.69) is 20.7 Å². The summed E-state index contributed by atoms with van der Waals surface area (Å²) in [7, 11) is -3.80. The normalized spacial score (nSPS) is 10.9. The average molecular weight is 488 g/mol. The summed E-state index contributed by atoms with van der Waals surface area (Å²) in [5.74, 6) is 0.264. The number of halogens is 1. The van der Waals surface area contributed by atoms with Gasteiger partial charge in [-0.3, -0.25) is 9.52 Å². The molecule has 0 aliphatic carbocycles. The van der Waals surface area contributed by atoms with Crippen LogP contribution in [-0.4, -0.2) is 25.8 Å². The maximum atomic E-state index is 13.0. The molecule has 1 heterocycles. The van der Waals surface area contributed by atoms with Crippen molar-refractivity contribution in [2.24, 2.45) is 0 Å². The van der Waals surface area contributed by atoms with Gasteiger partial charge in [-0.1, -0.05) is 22.0 Å². The third-order valence-electron chi connectivity index (χ3n) is 4.19. The molecule has 2 aromatic carbocycles. The Morgan fingerprint density at radius 1 is 1.13 bits per heavy atom. The van der Waals surface area contributed by atoms with Gasteiger partial charge in [0.25, 0.3) is 15.9 Å². The number of furan rings is 1. The van der Waals surface area contributed by atoms with Crippen LogP contribution in [0.15, 0.2) is 80.7 Å². The van der Waals surface area contributed by atoms with Crippen LogP contribution in [0.4, 0.5) is 5.69 Å². The van der Waals surface area contributed by atoms with Crippen LogP contribution < -0.4 is 4.72 Å². The van der Waals surface area contributed by atoms with E-state index < -0.39 is 10.0 Å². The molecule has 0 spiro atoms. The quantitative estimate of drug-likeness (QED) is 0.506. The number of amides is 1. The van der Waals surface area contributed by atoms with Crippen molar-refractivity contribution >= 4 is 37.5 Å². The number of carbonyl (C=O) groups is 1. The zero-order valence-electron chi connectivity index (χ0n) is 15.8. The Balaban J connectivity index is 1.81. The zero-order chi connectivity index (χ0) is 21.6. The lowest BCUT2D eigenvalue weighted by Gasteiger charge is -2.21. The number of nitriles is 1. The molecule has 1 aromatic heterocycles. The third kappa shape index (κ3) is 5.49.